The molecular formula is C29H30Cl6N2O6. The molecule has 0 N–H and O–H groups in total. The normalized spacial score (nSPS) is 22.7. The summed E-state index contributed by atoms with van der Waals surface area (Å²) in [4.78, 5) is 29.2. The molecule has 0 spiro atoms. The van der Waals surface area contributed by atoms with Gasteiger partial charge < -0.3 is 18.9 Å². The highest BCUT2D eigenvalue weighted by atomic mass is 35.6. The highest BCUT2D eigenvalue weighted by Gasteiger charge is 2.54. The molecule has 2 aliphatic rings. The maximum Gasteiger partial charge on any atom is 0.508 e. The van der Waals surface area contributed by atoms with Crippen LogP contribution in [0.2, 0.25) is 0 Å². The van der Waals surface area contributed by atoms with E-state index >= 15 is 0 Å². The van der Waals surface area contributed by atoms with Crippen molar-refractivity contribution in [2.75, 3.05) is 33.0 Å². The van der Waals surface area contributed by atoms with Crippen LogP contribution in [0.3, 0.4) is 0 Å². The highest BCUT2D eigenvalue weighted by molar-refractivity contribution is 6.68. The quantitative estimate of drug-likeness (QED) is 0.140. The van der Waals surface area contributed by atoms with Crippen LogP contribution in [0.1, 0.15) is 23.6 Å². The zero-order valence-corrected chi connectivity index (χ0v) is 27.4. The summed E-state index contributed by atoms with van der Waals surface area (Å²) in [5, 5.41) is 0. The number of carbonyl (C=O) groups excluding carboxylic acids is 2. The van der Waals surface area contributed by atoms with Gasteiger partial charge in [-0.05, 0) is 23.1 Å². The molecule has 0 amide bonds. The number of hydrogen-bond donors (Lipinski definition) is 0. The number of nitrogens with zero attached hydrogens (tertiary/aromatic N) is 2. The van der Waals surface area contributed by atoms with Gasteiger partial charge >= 0.3 is 12.3 Å². The second-order valence-corrected chi connectivity index (χ2v) is 15.2. The lowest BCUT2D eigenvalue weighted by Gasteiger charge is -2.31. The molecule has 2 aromatic carbocycles. The molecule has 4 rings (SSSR count). The van der Waals surface area contributed by atoms with Gasteiger partial charge in [0.1, 0.15) is 19.8 Å². The zero-order chi connectivity index (χ0) is 31.2. The van der Waals surface area contributed by atoms with Gasteiger partial charge in [-0.25, -0.2) is 9.59 Å². The first kappa shape index (κ1) is 34.3. The molecule has 0 saturated carbocycles. The summed E-state index contributed by atoms with van der Waals surface area (Å²) >= 11 is 34.1. The Kier molecular flexibility index (Phi) is 12.0. The molecule has 2 fully saturated rings. The third kappa shape index (κ3) is 9.93. The van der Waals surface area contributed by atoms with Crippen LogP contribution in [0.5, 0.6) is 0 Å². The van der Waals surface area contributed by atoms with E-state index in [4.69, 9.17) is 88.6 Å². The Morgan fingerprint density at radius 3 is 1.95 bits per heavy atom. The fourth-order valence-electron chi connectivity index (χ4n) is 5.55. The molecule has 0 radical (unpaired) electrons. The van der Waals surface area contributed by atoms with Crippen LogP contribution in [0.25, 0.3) is 0 Å². The van der Waals surface area contributed by atoms with Crippen LogP contribution in [0.4, 0.5) is 9.59 Å². The van der Waals surface area contributed by atoms with Crippen LogP contribution in [0.15, 0.2) is 72.8 Å². The van der Waals surface area contributed by atoms with Crippen LogP contribution in [0, 0.1) is 5.92 Å². The van der Waals surface area contributed by atoms with E-state index in [0.29, 0.717) is 19.5 Å². The van der Waals surface area contributed by atoms with Crippen molar-refractivity contribution in [3.8, 4) is 0 Å². The van der Waals surface area contributed by atoms with Crippen molar-refractivity contribution in [3.05, 3.63) is 83.9 Å². The van der Waals surface area contributed by atoms with Crippen LogP contribution in [-0.4, -0.2) is 74.9 Å². The van der Waals surface area contributed by atoms with E-state index in [1.807, 2.05) is 36.4 Å². The van der Waals surface area contributed by atoms with Gasteiger partial charge in [0, 0.05) is 25.0 Å². The Balaban J connectivity index is 1.56. The maximum atomic E-state index is 12.5. The van der Waals surface area contributed by atoms with E-state index in [0.717, 1.165) is 16.7 Å². The predicted molar refractivity (Wildman–Crippen MR) is 168 cm³/mol. The van der Waals surface area contributed by atoms with Crippen molar-refractivity contribution in [2.24, 2.45) is 5.92 Å². The number of hydrogen-bond acceptors (Lipinski definition) is 8. The van der Waals surface area contributed by atoms with Gasteiger partial charge in [0.05, 0.1) is 18.8 Å². The molecular weight excluding hydrogens is 685 g/mol. The lowest BCUT2D eigenvalue weighted by atomic mass is 9.91. The molecule has 234 valence electrons. The van der Waals surface area contributed by atoms with E-state index in [-0.39, 0.29) is 37.4 Å². The van der Waals surface area contributed by atoms with Crippen molar-refractivity contribution in [2.45, 2.75) is 38.8 Å². The molecule has 2 heterocycles. The number of alkyl halides is 6. The molecule has 0 aliphatic carbocycles. The Morgan fingerprint density at radius 1 is 0.814 bits per heavy atom. The average Bonchev–Trinajstić information content (AvgIpc) is 3.45. The second-order valence-electron chi connectivity index (χ2n) is 10.2. The monoisotopic (exact) mass is 712 g/mol. The standard InChI is InChI=1S/C29H30Cl6N2O6/c1-19-22(12-13-40-26(38)42-17-28(30,31)32)24(16-41-27(39)43-18-29(33,34)35)37-23(21-10-6-3-7-11-21)15-36(25(19)37)14-20-8-4-2-5-9-20/h2-11,22-25H,1,12-18H2/t22-,23-,24-,25+/m1/s1. The number of rotatable bonds is 10. The topological polar surface area (TPSA) is 77.5 Å². The van der Waals surface area contributed by atoms with Gasteiger partial charge in [-0.15, -0.1) is 0 Å². The van der Waals surface area contributed by atoms with Crippen molar-refractivity contribution in [1.29, 1.82) is 0 Å². The third-order valence-electron chi connectivity index (χ3n) is 7.19. The van der Waals surface area contributed by atoms with Gasteiger partial charge in [-0.1, -0.05) is 137 Å². The average molecular weight is 715 g/mol. The first-order valence-corrected chi connectivity index (χ1v) is 15.6. The molecule has 14 heteroatoms. The Labute approximate surface area is 280 Å². The van der Waals surface area contributed by atoms with E-state index in [1.165, 1.54) is 0 Å². The summed E-state index contributed by atoms with van der Waals surface area (Å²) in [7, 11) is 0. The Bertz CT molecular complexity index is 1240. The lowest BCUT2D eigenvalue weighted by Crippen LogP contribution is -2.42. The minimum absolute atomic E-state index is 0.00810. The predicted octanol–water partition coefficient (Wildman–Crippen LogP) is 7.86. The molecule has 8 nitrogen and oxygen atoms in total. The van der Waals surface area contributed by atoms with Crippen LogP contribution >= 0.6 is 69.6 Å². The fraction of sp³-hybridized carbons (Fsp3) is 0.448. The first-order valence-electron chi connectivity index (χ1n) is 13.3. The maximum absolute atomic E-state index is 12.5. The lowest BCUT2D eigenvalue weighted by molar-refractivity contribution is 0.0189. The van der Waals surface area contributed by atoms with Crippen molar-refractivity contribution >= 4 is 81.9 Å². The van der Waals surface area contributed by atoms with Crippen LogP contribution < -0.4 is 0 Å². The molecule has 43 heavy (non-hydrogen) atoms. The zero-order valence-electron chi connectivity index (χ0n) is 22.9. The third-order valence-corrected chi connectivity index (χ3v) is 7.85. The number of benzene rings is 2. The van der Waals surface area contributed by atoms with E-state index < -0.39 is 33.1 Å². The fourth-order valence-corrected chi connectivity index (χ4v) is 5.88. The highest BCUT2D eigenvalue weighted by Crippen LogP contribution is 2.48. The van der Waals surface area contributed by atoms with Gasteiger partial charge in [0.25, 0.3) is 0 Å². The molecule has 0 aromatic heterocycles. The summed E-state index contributed by atoms with van der Waals surface area (Å²) in [5.41, 5.74) is 3.15. The minimum atomic E-state index is -1.78. The largest absolute Gasteiger partial charge is 0.508 e. The summed E-state index contributed by atoms with van der Waals surface area (Å²) in [5.74, 6) is -0.239. The summed E-state index contributed by atoms with van der Waals surface area (Å²) in [6, 6.07) is 19.8. The van der Waals surface area contributed by atoms with Crippen LogP contribution in [-0.2, 0) is 25.5 Å². The smallest absolute Gasteiger partial charge is 0.434 e. The first-order chi connectivity index (χ1) is 20.3. The SMILES string of the molecule is C=C1[C@@H](CCOC(=O)OCC(Cl)(Cl)Cl)[C@@H](COC(=O)OCC(Cl)(Cl)Cl)N2[C@@H](c3ccccc3)CN(Cc3ccccc3)[C@H]12. The second kappa shape index (κ2) is 15.1. The summed E-state index contributed by atoms with van der Waals surface area (Å²) in [6.45, 7) is 4.89. The molecule has 2 saturated heterocycles. The Morgan fingerprint density at radius 2 is 1.37 bits per heavy atom. The van der Waals surface area contributed by atoms with Gasteiger partial charge in [-0.3, -0.25) is 9.80 Å². The molecule has 2 aliphatic heterocycles. The van der Waals surface area contributed by atoms with E-state index in [1.54, 1.807) is 0 Å². The number of fused-ring (bicyclic) bond motifs is 1. The molecule has 0 unspecified atom stereocenters. The van der Waals surface area contributed by atoms with Crippen molar-refractivity contribution in [3.63, 3.8) is 0 Å². The van der Waals surface area contributed by atoms with Crippen molar-refractivity contribution < 1.29 is 28.5 Å². The summed E-state index contributed by atoms with van der Waals surface area (Å²) in [6.07, 6.45) is -1.75. The number of ether oxygens (including phenoxy) is 4. The van der Waals surface area contributed by atoms with Crippen molar-refractivity contribution in [1.82, 2.24) is 9.80 Å². The molecule has 0 bridgehead atoms. The van der Waals surface area contributed by atoms with Gasteiger partial charge in [-0.2, -0.15) is 0 Å². The number of halogens is 6. The van der Waals surface area contributed by atoms with E-state index in [9.17, 15) is 9.59 Å². The number of carbonyl (C=O) groups is 2. The summed E-state index contributed by atoms with van der Waals surface area (Å²) < 4.78 is 17.1. The molecule has 2 aromatic rings. The van der Waals surface area contributed by atoms with E-state index in [2.05, 4.69) is 40.6 Å². The van der Waals surface area contributed by atoms with Gasteiger partial charge in [0.2, 0.25) is 7.59 Å². The Hall–Kier alpha value is -1.62. The minimum Gasteiger partial charge on any atom is -0.434 e. The molecule has 4 atom stereocenters. The van der Waals surface area contributed by atoms with Gasteiger partial charge in [0.15, 0.2) is 0 Å².